The lowest BCUT2D eigenvalue weighted by Crippen LogP contribution is -2.40. The SMILES string of the molecule is CCNC(=NCC1CCN(S(C)(=O)=O)CC1)N(C)Cc1ccccc1.I. The van der Waals surface area contributed by atoms with Crippen LogP contribution in [0.25, 0.3) is 0 Å². The highest BCUT2D eigenvalue weighted by atomic mass is 127. The Balaban J connectivity index is 0.00000338. The van der Waals surface area contributed by atoms with Crippen LogP contribution in [0.4, 0.5) is 0 Å². The van der Waals surface area contributed by atoms with Crippen LogP contribution in [0.3, 0.4) is 0 Å². The molecule has 0 radical (unpaired) electrons. The molecule has 2 rings (SSSR count). The summed E-state index contributed by atoms with van der Waals surface area (Å²) in [5.41, 5.74) is 1.25. The van der Waals surface area contributed by atoms with Crippen molar-refractivity contribution in [2.45, 2.75) is 26.3 Å². The van der Waals surface area contributed by atoms with E-state index in [1.54, 1.807) is 4.31 Å². The van der Waals surface area contributed by atoms with Gasteiger partial charge < -0.3 is 10.2 Å². The Bertz CT molecular complexity index is 659. The zero-order valence-electron chi connectivity index (χ0n) is 15.9. The summed E-state index contributed by atoms with van der Waals surface area (Å²) in [6.07, 6.45) is 3.03. The van der Waals surface area contributed by atoms with E-state index in [1.807, 2.05) is 25.2 Å². The van der Waals surface area contributed by atoms with Crippen molar-refractivity contribution in [2.24, 2.45) is 10.9 Å². The predicted molar refractivity (Wildman–Crippen MR) is 118 cm³/mol. The minimum absolute atomic E-state index is 0. The number of nitrogens with zero attached hydrogens (tertiary/aromatic N) is 3. The molecule has 0 spiro atoms. The number of sulfonamides is 1. The average molecular weight is 494 g/mol. The van der Waals surface area contributed by atoms with E-state index in [0.717, 1.165) is 38.4 Å². The molecule has 1 aromatic rings. The number of hydrogen-bond donors (Lipinski definition) is 1. The fraction of sp³-hybridized carbons (Fsp3) is 0.611. The molecule has 1 aliphatic heterocycles. The summed E-state index contributed by atoms with van der Waals surface area (Å²) >= 11 is 0. The van der Waals surface area contributed by atoms with Gasteiger partial charge in [0.2, 0.25) is 10.0 Å². The van der Waals surface area contributed by atoms with E-state index in [-0.39, 0.29) is 24.0 Å². The van der Waals surface area contributed by atoms with Gasteiger partial charge in [0.05, 0.1) is 6.26 Å². The summed E-state index contributed by atoms with van der Waals surface area (Å²) in [5.74, 6) is 1.34. The zero-order chi connectivity index (χ0) is 18.3. The summed E-state index contributed by atoms with van der Waals surface area (Å²) in [7, 11) is -1.02. The second kappa shape index (κ2) is 11.1. The Morgan fingerprint density at radius 2 is 1.88 bits per heavy atom. The van der Waals surface area contributed by atoms with Gasteiger partial charge in [0, 0.05) is 39.8 Å². The first-order valence-electron chi connectivity index (χ1n) is 8.88. The third-order valence-corrected chi connectivity index (χ3v) is 5.80. The van der Waals surface area contributed by atoms with Gasteiger partial charge in [-0.1, -0.05) is 30.3 Å². The molecule has 1 heterocycles. The Hall–Kier alpha value is -0.870. The number of piperidine rings is 1. The van der Waals surface area contributed by atoms with Gasteiger partial charge in [0.15, 0.2) is 5.96 Å². The van der Waals surface area contributed by atoms with Crippen molar-refractivity contribution in [1.29, 1.82) is 0 Å². The summed E-state index contributed by atoms with van der Waals surface area (Å²) < 4.78 is 24.7. The maximum Gasteiger partial charge on any atom is 0.211 e. The van der Waals surface area contributed by atoms with Crippen LogP contribution in [0.15, 0.2) is 35.3 Å². The highest BCUT2D eigenvalue weighted by Gasteiger charge is 2.24. The van der Waals surface area contributed by atoms with Crippen LogP contribution in [0.5, 0.6) is 0 Å². The maximum absolute atomic E-state index is 11.6. The van der Waals surface area contributed by atoms with Crippen LogP contribution >= 0.6 is 24.0 Å². The van der Waals surface area contributed by atoms with Crippen LogP contribution in [-0.4, -0.2) is 63.1 Å². The molecule has 1 saturated heterocycles. The lowest BCUT2D eigenvalue weighted by atomic mass is 9.98. The molecule has 6 nitrogen and oxygen atoms in total. The van der Waals surface area contributed by atoms with Crippen LogP contribution in [0.2, 0.25) is 0 Å². The third kappa shape index (κ3) is 7.40. The Morgan fingerprint density at radius 1 is 1.27 bits per heavy atom. The summed E-state index contributed by atoms with van der Waals surface area (Å²) in [6, 6.07) is 10.3. The Morgan fingerprint density at radius 3 is 2.42 bits per heavy atom. The highest BCUT2D eigenvalue weighted by Crippen LogP contribution is 2.19. The molecule has 0 aromatic heterocycles. The van der Waals surface area contributed by atoms with Crippen molar-refractivity contribution < 1.29 is 8.42 Å². The Kier molecular flexibility index (Phi) is 9.88. The molecule has 0 saturated carbocycles. The largest absolute Gasteiger partial charge is 0.357 e. The normalized spacial score (nSPS) is 16.8. The number of hydrogen-bond acceptors (Lipinski definition) is 3. The topological polar surface area (TPSA) is 65.0 Å². The molecular weight excluding hydrogens is 463 g/mol. The number of guanidine groups is 1. The molecule has 0 bridgehead atoms. The van der Waals surface area contributed by atoms with Gasteiger partial charge in [-0.2, -0.15) is 0 Å². The highest BCUT2D eigenvalue weighted by molar-refractivity contribution is 14.0. The van der Waals surface area contributed by atoms with Crippen LogP contribution in [0.1, 0.15) is 25.3 Å². The molecular formula is C18H31IN4O2S. The van der Waals surface area contributed by atoms with E-state index >= 15 is 0 Å². The number of aliphatic imine (C=N–C) groups is 1. The first kappa shape index (κ1) is 23.2. The van der Waals surface area contributed by atoms with Crippen molar-refractivity contribution in [3.8, 4) is 0 Å². The van der Waals surface area contributed by atoms with Gasteiger partial charge in [-0.15, -0.1) is 24.0 Å². The summed E-state index contributed by atoms with van der Waals surface area (Å²) in [4.78, 5) is 6.91. The van der Waals surface area contributed by atoms with E-state index in [0.29, 0.717) is 19.0 Å². The number of nitrogens with one attached hydrogen (secondary N) is 1. The van der Waals surface area contributed by atoms with Crippen LogP contribution in [-0.2, 0) is 16.6 Å². The summed E-state index contributed by atoms with van der Waals surface area (Å²) in [5, 5.41) is 3.34. The second-order valence-electron chi connectivity index (χ2n) is 6.64. The quantitative estimate of drug-likeness (QED) is 0.375. The molecule has 1 N–H and O–H groups in total. The van der Waals surface area contributed by atoms with Gasteiger partial charge >= 0.3 is 0 Å². The van der Waals surface area contributed by atoms with Gasteiger partial charge in [0.25, 0.3) is 0 Å². The molecule has 0 amide bonds. The third-order valence-electron chi connectivity index (χ3n) is 4.50. The van der Waals surface area contributed by atoms with Gasteiger partial charge in [-0.3, -0.25) is 4.99 Å². The number of halogens is 1. The van der Waals surface area contributed by atoms with E-state index in [4.69, 9.17) is 4.99 Å². The molecule has 1 aliphatic rings. The first-order chi connectivity index (χ1) is 11.9. The predicted octanol–water partition coefficient (Wildman–Crippen LogP) is 2.37. The molecule has 1 fully saturated rings. The minimum Gasteiger partial charge on any atom is -0.357 e. The molecule has 0 atom stereocenters. The van der Waals surface area contributed by atoms with Crippen molar-refractivity contribution in [3.05, 3.63) is 35.9 Å². The van der Waals surface area contributed by atoms with E-state index < -0.39 is 10.0 Å². The molecule has 148 valence electrons. The minimum atomic E-state index is -3.06. The van der Waals surface area contributed by atoms with E-state index in [9.17, 15) is 8.42 Å². The van der Waals surface area contributed by atoms with Crippen molar-refractivity contribution >= 4 is 40.0 Å². The number of benzene rings is 1. The van der Waals surface area contributed by atoms with Gasteiger partial charge in [0.1, 0.15) is 0 Å². The molecule has 1 aromatic carbocycles. The van der Waals surface area contributed by atoms with Crippen LogP contribution < -0.4 is 5.32 Å². The van der Waals surface area contributed by atoms with E-state index in [2.05, 4.69) is 29.3 Å². The molecule has 26 heavy (non-hydrogen) atoms. The fourth-order valence-corrected chi connectivity index (χ4v) is 3.92. The molecule has 8 heteroatoms. The number of rotatable bonds is 6. The van der Waals surface area contributed by atoms with Crippen molar-refractivity contribution in [1.82, 2.24) is 14.5 Å². The van der Waals surface area contributed by atoms with Crippen LogP contribution in [0, 0.1) is 5.92 Å². The smallest absolute Gasteiger partial charge is 0.211 e. The average Bonchev–Trinajstić information content (AvgIpc) is 2.59. The Labute approximate surface area is 175 Å². The van der Waals surface area contributed by atoms with E-state index in [1.165, 1.54) is 11.8 Å². The lowest BCUT2D eigenvalue weighted by Gasteiger charge is -2.30. The summed E-state index contributed by atoms with van der Waals surface area (Å²) in [6.45, 7) is 5.64. The fourth-order valence-electron chi connectivity index (χ4n) is 3.04. The maximum atomic E-state index is 11.6. The molecule has 0 unspecified atom stereocenters. The van der Waals surface area contributed by atoms with Gasteiger partial charge in [-0.25, -0.2) is 12.7 Å². The monoisotopic (exact) mass is 494 g/mol. The zero-order valence-corrected chi connectivity index (χ0v) is 19.0. The lowest BCUT2D eigenvalue weighted by molar-refractivity contribution is 0.279. The standard InChI is InChI=1S/C18H30N4O2S.HI/c1-4-19-18(21(2)15-17-8-6-5-7-9-17)20-14-16-10-12-22(13-11-16)25(3,23)24;/h5-9,16H,4,10-15H2,1-3H3,(H,19,20);1H. The molecule has 0 aliphatic carbocycles. The second-order valence-corrected chi connectivity index (χ2v) is 8.62. The van der Waals surface area contributed by atoms with Crippen molar-refractivity contribution in [3.63, 3.8) is 0 Å². The first-order valence-corrected chi connectivity index (χ1v) is 10.7. The van der Waals surface area contributed by atoms with Crippen molar-refractivity contribution in [2.75, 3.05) is 39.5 Å². The van der Waals surface area contributed by atoms with Gasteiger partial charge in [-0.05, 0) is 31.2 Å².